The molecule has 0 atom stereocenters. The van der Waals surface area contributed by atoms with Crippen LogP contribution in [0, 0.1) is 17.7 Å². The largest absolute Gasteiger partial charge is 0.306 e. The minimum atomic E-state index is -0.182. The van der Waals surface area contributed by atoms with E-state index in [1.807, 2.05) is 19.1 Å². The van der Waals surface area contributed by atoms with Gasteiger partial charge in [0.25, 0.3) is 0 Å². The third-order valence-corrected chi connectivity index (χ3v) is 1.89. The molecule has 1 aromatic carbocycles. The third kappa shape index (κ3) is 4.06. The van der Waals surface area contributed by atoms with Crippen LogP contribution in [0.4, 0.5) is 4.39 Å². The van der Waals surface area contributed by atoms with Gasteiger partial charge in [0.2, 0.25) is 0 Å². The summed E-state index contributed by atoms with van der Waals surface area (Å²) in [4.78, 5) is 0. The molecule has 0 aromatic heterocycles. The van der Waals surface area contributed by atoms with Crippen LogP contribution < -0.4 is 5.32 Å². The quantitative estimate of drug-likeness (QED) is 0.567. The molecule has 0 fully saturated rings. The molecule has 0 amide bonds. The van der Waals surface area contributed by atoms with Gasteiger partial charge in [0.05, 0.1) is 6.54 Å². The van der Waals surface area contributed by atoms with Gasteiger partial charge in [-0.15, -0.1) is 5.92 Å². The molecule has 0 bridgehead atoms. The highest BCUT2D eigenvalue weighted by Crippen LogP contribution is 2.02. The molecular formula is C12H14FN. The van der Waals surface area contributed by atoms with Crippen LogP contribution in [-0.2, 0) is 6.42 Å². The lowest BCUT2D eigenvalue weighted by Crippen LogP contribution is -2.17. The van der Waals surface area contributed by atoms with E-state index in [1.54, 1.807) is 0 Å². The predicted molar refractivity (Wildman–Crippen MR) is 56.4 cm³/mol. The highest BCUT2D eigenvalue weighted by Gasteiger charge is 1.92. The summed E-state index contributed by atoms with van der Waals surface area (Å²) in [5.41, 5.74) is 1.14. The number of halogens is 1. The summed E-state index contributed by atoms with van der Waals surface area (Å²) in [5.74, 6) is 5.55. The summed E-state index contributed by atoms with van der Waals surface area (Å²) in [6.45, 7) is 3.42. The van der Waals surface area contributed by atoms with E-state index in [1.165, 1.54) is 12.1 Å². The maximum Gasteiger partial charge on any atom is 0.123 e. The zero-order valence-corrected chi connectivity index (χ0v) is 8.31. The SMILES string of the molecule is CC#CCNCCc1ccc(F)cc1. The average Bonchev–Trinajstić information content (AvgIpc) is 2.21. The molecule has 0 radical (unpaired) electrons. The smallest absolute Gasteiger partial charge is 0.123 e. The molecule has 1 rings (SSSR count). The number of benzene rings is 1. The first kappa shape index (κ1) is 10.7. The molecule has 0 saturated carbocycles. The first-order valence-corrected chi connectivity index (χ1v) is 4.67. The van der Waals surface area contributed by atoms with E-state index < -0.39 is 0 Å². The van der Waals surface area contributed by atoms with Crippen LogP contribution in [0.1, 0.15) is 12.5 Å². The minimum absolute atomic E-state index is 0.182. The normalized spacial score (nSPS) is 9.29. The standard InChI is InChI=1S/C12H14FN/c1-2-3-9-14-10-8-11-4-6-12(13)7-5-11/h4-7,14H,8-10H2,1H3. The Morgan fingerprint density at radius 2 is 2.00 bits per heavy atom. The van der Waals surface area contributed by atoms with Gasteiger partial charge in [0, 0.05) is 6.54 Å². The Balaban J connectivity index is 2.23. The minimum Gasteiger partial charge on any atom is -0.306 e. The summed E-state index contributed by atoms with van der Waals surface area (Å²) in [5, 5.41) is 3.18. The van der Waals surface area contributed by atoms with Crippen LogP contribution >= 0.6 is 0 Å². The van der Waals surface area contributed by atoms with Gasteiger partial charge in [-0.1, -0.05) is 18.1 Å². The van der Waals surface area contributed by atoms with E-state index >= 15 is 0 Å². The van der Waals surface area contributed by atoms with E-state index in [0.29, 0.717) is 0 Å². The highest BCUT2D eigenvalue weighted by atomic mass is 19.1. The molecule has 0 aliphatic heterocycles. The molecule has 74 valence electrons. The van der Waals surface area contributed by atoms with Gasteiger partial charge < -0.3 is 5.32 Å². The van der Waals surface area contributed by atoms with Crippen molar-refractivity contribution in [3.63, 3.8) is 0 Å². The van der Waals surface area contributed by atoms with E-state index in [0.717, 1.165) is 25.1 Å². The Morgan fingerprint density at radius 3 is 2.64 bits per heavy atom. The molecule has 0 unspecified atom stereocenters. The first-order valence-electron chi connectivity index (χ1n) is 4.67. The second-order valence-electron chi connectivity index (χ2n) is 2.98. The maximum absolute atomic E-state index is 12.5. The Bertz CT molecular complexity index is 318. The second-order valence-corrected chi connectivity index (χ2v) is 2.98. The van der Waals surface area contributed by atoms with Crippen molar-refractivity contribution in [1.29, 1.82) is 0 Å². The number of hydrogen-bond donors (Lipinski definition) is 1. The predicted octanol–water partition coefficient (Wildman–Crippen LogP) is 1.98. The molecule has 2 heteroatoms. The lowest BCUT2D eigenvalue weighted by atomic mass is 10.1. The zero-order valence-electron chi connectivity index (χ0n) is 8.31. The van der Waals surface area contributed by atoms with E-state index in [2.05, 4.69) is 17.2 Å². The summed E-state index contributed by atoms with van der Waals surface area (Å²) >= 11 is 0. The van der Waals surface area contributed by atoms with E-state index in [9.17, 15) is 4.39 Å². The van der Waals surface area contributed by atoms with Crippen molar-refractivity contribution in [3.8, 4) is 11.8 Å². The molecule has 1 aromatic rings. The van der Waals surface area contributed by atoms with E-state index in [-0.39, 0.29) is 5.82 Å². The monoisotopic (exact) mass is 191 g/mol. The lowest BCUT2D eigenvalue weighted by Gasteiger charge is -2.01. The fraction of sp³-hybridized carbons (Fsp3) is 0.333. The topological polar surface area (TPSA) is 12.0 Å². The van der Waals surface area contributed by atoms with Crippen molar-refractivity contribution in [1.82, 2.24) is 5.32 Å². The van der Waals surface area contributed by atoms with Crippen molar-refractivity contribution in [2.24, 2.45) is 0 Å². The molecule has 0 spiro atoms. The van der Waals surface area contributed by atoms with Gasteiger partial charge in [-0.25, -0.2) is 4.39 Å². The zero-order chi connectivity index (χ0) is 10.2. The molecule has 1 nitrogen and oxygen atoms in total. The Hall–Kier alpha value is -1.33. The van der Waals surface area contributed by atoms with Crippen molar-refractivity contribution in [2.45, 2.75) is 13.3 Å². The summed E-state index contributed by atoms with van der Waals surface area (Å²) in [7, 11) is 0. The molecule has 14 heavy (non-hydrogen) atoms. The lowest BCUT2D eigenvalue weighted by molar-refractivity contribution is 0.626. The summed E-state index contributed by atoms with van der Waals surface area (Å²) < 4.78 is 12.5. The fourth-order valence-electron chi connectivity index (χ4n) is 1.12. The maximum atomic E-state index is 12.5. The third-order valence-electron chi connectivity index (χ3n) is 1.89. The van der Waals surface area contributed by atoms with Crippen LogP contribution in [0.25, 0.3) is 0 Å². The van der Waals surface area contributed by atoms with Crippen LogP contribution in [0.3, 0.4) is 0 Å². The van der Waals surface area contributed by atoms with Crippen molar-refractivity contribution < 1.29 is 4.39 Å². The highest BCUT2D eigenvalue weighted by molar-refractivity contribution is 5.16. The Labute approximate surface area is 84.3 Å². The average molecular weight is 191 g/mol. The van der Waals surface area contributed by atoms with Crippen molar-refractivity contribution >= 4 is 0 Å². The van der Waals surface area contributed by atoms with Crippen LogP contribution in [0.15, 0.2) is 24.3 Å². The molecular weight excluding hydrogens is 177 g/mol. The number of hydrogen-bond acceptors (Lipinski definition) is 1. The fourth-order valence-corrected chi connectivity index (χ4v) is 1.12. The van der Waals surface area contributed by atoms with Crippen LogP contribution in [-0.4, -0.2) is 13.1 Å². The Kier molecular flexibility index (Phi) is 4.74. The van der Waals surface area contributed by atoms with Crippen molar-refractivity contribution in [2.75, 3.05) is 13.1 Å². The van der Waals surface area contributed by atoms with Gasteiger partial charge in [0.15, 0.2) is 0 Å². The van der Waals surface area contributed by atoms with Gasteiger partial charge in [-0.05, 0) is 31.0 Å². The van der Waals surface area contributed by atoms with Crippen LogP contribution in [0.2, 0.25) is 0 Å². The van der Waals surface area contributed by atoms with Gasteiger partial charge in [0.1, 0.15) is 5.82 Å². The summed E-state index contributed by atoms with van der Waals surface area (Å²) in [6.07, 6.45) is 0.908. The van der Waals surface area contributed by atoms with Crippen LogP contribution in [0.5, 0.6) is 0 Å². The molecule has 0 aliphatic rings. The van der Waals surface area contributed by atoms with Crippen molar-refractivity contribution in [3.05, 3.63) is 35.6 Å². The molecule has 1 N–H and O–H groups in total. The molecule has 0 heterocycles. The Morgan fingerprint density at radius 1 is 1.29 bits per heavy atom. The summed E-state index contributed by atoms with van der Waals surface area (Å²) in [6, 6.07) is 6.59. The number of nitrogens with one attached hydrogen (secondary N) is 1. The van der Waals surface area contributed by atoms with Gasteiger partial charge in [-0.3, -0.25) is 0 Å². The van der Waals surface area contributed by atoms with Gasteiger partial charge in [-0.2, -0.15) is 0 Å². The first-order chi connectivity index (χ1) is 6.83. The molecule has 0 aliphatic carbocycles. The van der Waals surface area contributed by atoms with E-state index in [4.69, 9.17) is 0 Å². The number of rotatable bonds is 4. The second kappa shape index (κ2) is 6.17. The van der Waals surface area contributed by atoms with Gasteiger partial charge >= 0.3 is 0 Å². The molecule has 0 saturated heterocycles.